The Balaban J connectivity index is 2.36. The molecule has 96 valence electrons. The van der Waals surface area contributed by atoms with E-state index in [0.29, 0.717) is 11.1 Å². The second kappa shape index (κ2) is 7.93. The van der Waals surface area contributed by atoms with Gasteiger partial charge in [0.2, 0.25) is 5.82 Å². The van der Waals surface area contributed by atoms with Crippen molar-refractivity contribution < 1.29 is 13.5 Å². The molecule has 0 radical (unpaired) electrons. The third-order valence-electron chi connectivity index (χ3n) is 2.27. The molecule has 0 amide bonds. The van der Waals surface area contributed by atoms with Crippen molar-refractivity contribution in [3.63, 3.8) is 0 Å². The van der Waals surface area contributed by atoms with Gasteiger partial charge in [-0.1, -0.05) is 28.8 Å². The molecule has 1 aromatic rings. The average Bonchev–Trinajstić information content (AvgIpc) is 2.29. The third-order valence-corrected chi connectivity index (χ3v) is 3.04. The zero-order valence-corrected chi connectivity index (χ0v) is 11.9. The molecule has 1 aromatic carbocycles. The first-order valence-electron chi connectivity index (χ1n) is 5.53. The van der Waals surface area contributed by atoms with Gasteiger partial charge in [-0.25, -0.2) is 4.39 Å². The SMILES string of the molecule is Fc1cc(Br)cc(OCCCCCCS)c1F. The van der Waals surface area contributed by atoms with Crippen molar-refractivity contribution in [3.05, 3.63) is 28.2 Å². The third kappa shape index (κ3) is 5.25. The summed E-state index contributed by atoms with van der Waals surface area (Å²) in [5.74, 6) is -0.981. The fraction of sp³-hybridized carbons (Fsp3) is 0.500. The standard InChI is InChI=1S/C12H15BrF2OS/c13-9-7-10(14)12(15)11(8-9)16-5-3-1-2-4-6-17/h7-8,17H,1-6H2. The lowest BCUT2D eigenvalue weighted by molar-refractivity contribution is 0.285. The molecule has 0 fully saturated rings. The van der Waals surface area contributed by atoms with Crippen LogP contribution in [0, 0.1) is 11.6 Å². The molecule has 0 aromatic heterocycles. The van der Waals surface area contributed by atoms with E-state index in [4.69, 9.17) is 4.74 Å². The molecule has 0 saturated heterocycles. The molecular weight excluding hydrogens is 310 g/mol. The van der Waals surface area contributed by atoms with Crippen LogP contribution in [0.25, 0.3) is 0 Å². The van der Waals surface area contributed by atoms with Crippen molar-refractivity contribution in [1.82, 2.24) is 0 Å². The van der Waals surface area contributed by atoms with Crippen LogP contribution < -0.4 is 4.74 Å². The highest BCUT2D eigenvalue weighted by atomic mass is 79.9. The number of ether oxygens (including phenoxy) is 1. The largest absolute Gasteiger partial charge is 0.490 e. The fourth-order valence-electron chi connectivity index (χ4n) is 1.39. The first-order valence-corrected chi connectivity index (χ1v) is 6.96. The van der Waals surface area contributed by atoms with Crippen molar-refractivity contribution in [2.45, 2.75) is 25.7 Å². The summed E-state index contributed by atoms with van der Waals surface area (Å²) in [6.07, 6.45) is 4.01. The zero-order valence-electron chi connectivity index (χ0n) is 9.39. The molecular formula is C12H15BrF2OS. The second-order valence-electron chi connectivity index (χ2n) is 3.69. The molecule has 0 saturated carbocycles. The van der Waals surface area contributed by atoms with E-state index in [1.807, 2.05) is 0 Å². The Morgan fingerprint density at radius 3 is 2.53 bits per heavy atom. The summed E-state index contributed by atoms with van der Waals surface area (Å²) in [5, 5.41) is 0. The maximum absolute atomic E-state index is 13.3. The van der Waals surface area contributed by atoms with Crippen LogP contribution >= 0.6 is 28.6 Å². The van der Waals surface area contributed by atoms with Gasteiger partial charge in [-0.05, 0) is 30.7 Å². The number of rotatable bonds is 7. The van der Waals surface area contributed by atoms with Gasteiger partial charge < -0.3 is 4.74 Å². The summed E-state index contributed by atoms with van der Waals surface area (Å²) in [6.45, 7) is 0.402. The topological polar surface area (TPSA) is 9.23 Å². The molecule has 0 unspecified atom stereocenters. The van der Waals surface area contributed by atoms with Gasteiger partial charge in [0, 0.05) is 4.47 Å². The molecule has 0 aliphatic rings. The van der Waals surface area contributed by atoms with E-state index in [1.54, 1.807) is 0 Å². The number of halogens is 3. The molecule has 0 N–H and O–H groups in total. The molecule has 0 aliphatic heterocycles. The van der Waals surface area contributed by atoms with Gasteiger partial charge in [0.05, 0.1) is 6.61 Å². The summed E-state index contributed by atoms with van der Waals surface area (Å²) in [7, 11) is 0. The van der Waals surface area contributed by atoms with E-state index in [-0.39, 0.29) is 5.75 Å². The van der Waals surface area contributed by atoms with E-state index in [9.17, 15) is 8.78 Å². The lowest BCUT2D eigenvalue weighted by Gasteiger charge is -2.08. The van der Waals surface area contributed by atoms with Crippen LogP contribution in [-0.4, -0.2) is 12.4 Å². The van der Waals surface area contributed by atoms with Crippen LogP contribution in [0.3, 0.4) is 0 Å². The average molecular weight is 325 g/mol. The van der Waals surface area contributed by atoms with Crippen LogP contribution in [0.1, 0.15) is 25.7 Å². The Kier molecular flexibility index (Phi) is 6.89. The lowest BCUT2D eigenvalue weighted by atomic mass is 10.2. The maximum atomic E-state index is 13.3. The Morgan fingerprint density at radius 2 is 1.82 bits per heavy atom. The minimum Gasteiger partial charge on any atom is -0.490 e. The van der Waals surface area contributed by atoms with E-state index in [1.165, 1.54) is 6.07 Å². The van der Waals surface area contributed by atoms with Crippen molar-refractivity contribution in [3.8, 4) is 5.75 Å². The van der Waals surface area contributed by atoms with E-state index in [0.717, 1.165) is 37.5 Å². The van der Waals surface area contributed by atoms with Crippen LogP contribution in [-0.2, 0) is 0 Å². The Labute approximate surface area is 114 Å². The minimum atomic E-state index is -0.927. The normalized spacial score (nSPS) is 10.6. The number of hydrogen-bond donors (Lipinski definition) is 1. The van der Waals surface area contributed by atoms with Crippen molar-refractivity contribution in [2.24, 2.45) is 0 Å². The van der Waals surface area contributed by atoms with Gasteiger partial charge in [-0.2, -0.15) is 17.0 Å². The molecule has 0 aliphatic carbocycles. The summed E-state index contributed by atoms with van der Waals surface area (Å²) in [5.41, 5.74) is 0. The molecule has 0 spiro atoms. The Hall–Kier alpha value is -0.290. The Morgan fingerprint density at radius 1 is 1.12 bits per heavy atom. The van der Waals surface area contributed by atoms with E-state index in [2.05, 4.69) is 28.6 Å². The first kappa shape index (κ1) is 14.8. The highest BCUT2D eigenvalue weighted by Gasteiger charge is 2.10. The maximum Gasteiger partial charge on any atom is 0.200 e. The highest BCUT2D eigenvalue weighted by Crippen LogP contribution is 2.25. The van der Waals surface area contributed by atoms with Crippen LogP contribution in [0.5, 0.6) is 5.75 Å². The molecule has 0 bridgehead atoms. The molecule has 17 heavy (non-hydrogen) atoms. The number of thiol groups is 1. The number of benzene rings is 1. The number of hydrogen-bond acceptors (Lipinski definition) is 2. The number of unbranched alkanes of at least 4 members (excludes halogenated alkanes) is 3. The van der Waals surface area contributed by atoms with Crippen molar-refractivity contribution in [1.29, 1.82) is 0 Å². The van der Waals surface area contributed by atoms with Crippen LogP contribution in [0.2, 0.25) is 0 Å². The molecule has 0 atom stereocenters. The molecule has 5 heteroatoms. The molecule has 1 rings (SSSR count). The summed E-state index contributed by atoms with van der Waals surface area (Å²) in [4.78, 5) is 0. The van der Waals surface area contributed by atoms with Gasteiger partial charge >= 0.3 is 0 Å². The summed E-state index contributed by atoms with van der Waals surface area (Å²) in [6, 6.07) is 2.51. The van der Waals surface area contributed by atoms with Gasteiger partial charge in [0.1, 0.15) is 0 Å². The Bertz CT molecular complexity index is 361. The van der Waals surface area contributed by atoms with Crippen LogP contribution in [0.4, 0.5) is 8.78 Å². The monoisotopic (exact) mass is 324 g/mol. The first-order chi connectivity index (χ1) is 8.15. The van der Waals surface area contributed by atoms with E-state index < -0.39 is 11.6 Å². The predicted molar refractivity (Wildman–Crippen MR) is 71.9 cm³/mol. The van der Waals surface area contributed by atoms with Crippen molar-refractivity contribution in [2.75, 3.05) is 12.4 Å². The second-order valence-corrected chi connectivity index (χ2v) is 5.05. The highest BCUT2D eigenvalue weighted by molar-refractivity contribution is 9.10. The lowest BCUT2D eigenvalue weighted by Crippen LogP contribution is -2.01. The summed E-state index contributed by atoms with van der Waals surface area (Å²) < 4.78 is 32.0. The van der Waals surface area contributed by atoms with Crippen molar-refractivity contribution >= 4 is 28.6 Å². The van der Waals surface area contributed by atoms with Gasteiger partial charge in [-0.15, -0.1) is 0 Å². The van der Waals surface area contributed by atoms with Crippen LogP contribution in [0.15, 0.2) is 16.6 Å². The predicted octanol–water partition coefficient (Wildman–Crippen LogP) is 4.60. The van der Waals surface area contributed by atoms with Gasteiger partial charge in [-0.3, -0.25) is 0 Å². The fourth-order valence-corrected chi connectivity index (χ4v) is 2.02. The van der Waals surface area contributed by atoms with Gasteiger partial charge in [0.25, 0.3) is 0 Å². The van der Waals surface area contributed by atoms with E-state index >= 15 is 0 Å². The molecule has 1 nitrogen and oxygen atoms in total. The van der Waals surface area contributed by atoms with Gasteiger partial charge in [0.15, 0.2) is 11.6 Å². The smallest absolute Gasteiger partial charge is 0.200 e. The molecule has 0 heterocycles. The zero-order chi connectivity index (χ0) is 12.7. The quantitative estimate of drug-likeness (QED) is 0.438. The minimum absolute atomic E-state index is 0.0360. The summed E-state index contributed by atoms with van der Waals surface area (Å²) >= 11 is 7.21.